The van der Waals surface area contributed by atoms with Gasteiger partial charge in [0.25, 0.3) is 11.5 Å². The highest BCUT2D eigenvalue weighted by atomic mass is 32.2. The summed E-state index contributed by atoms with van der Waals surface area (Å²) in [6.45, 7) is 1.81. The molecule has 0 atom stereocenters. The van der Waals surface area contributed by atoms with E-state index in [4.69, 9.17) is 4.74 Å². The minimum atomic E-state index is -0.312. The molecule has 1 aliphatic rings. The van der Waals surface area contributed by atoms with Crippen LogP contribution in [0.2, 0.25) is 0 Å². The van der Waals surface area contributed by atoms with Crippen molar-refractivity contribution in [3.05, 3.63) is 75.0 Å². The number of hydrogen-bond donors (Lipinski definition) is 2. The molecule has 1 amide bonds. The number of methoxy groups -OCH3 is 1. The first-order chi connectivity index (χ1) is 14.9. The molecule has 0 unspecified atom stereocenters. The van der Waals surface area contributed by atoms with Crippen LogP contribution in [0.5, 0.6) is 11.5 Å². The number of aliphatic imine (C=N–C) groups is 1. The fourth-order valence-electron chi connectivity index (χ4n) is 3.20. The molecule has 2 aromatic carbocycles. The van der Waals surface area contributed by atoms with Crippen molar-refractivity contribution in [2.75, 3.05) is 7.11 Å². The van der Waals surface area contributed by atoms with Crippen LogP contribution in [-0.4, -0.2) is 32.7 Å². The van der Waals surface area contributed by atoms with E-state index in [1.54, 1.807) is 36.9 Å². The summed E-state index contributed by atoms with van der Waals surface area (Å²) in [5.41, 5.74) is 2.10. The predicted molar refractivity (Wildman–Crippen MR) is 121 cm³/mol. The van der Waals surface area contributed by atoms with Crippen molar-refractivity contribution >= 4 is 34.6 Å². The van der Waals surface area contributed by atoms with E-state index in [0.29, 0.717) is 27.1 Å². The lowest BCUT2D eigenvalue weighted by atomic mass is 10.2. The molecule has 1 saturated heterocycles. The minimum absolute atomic E-state index is 0.0182. The van der Waals surface area contributed by atoms with Gasteiger partial charge in [0.15, 0.2) is 22.4 Å². The molecule has 1 aliphatic heterocycles. The first kappa shape index (κ1) is 20.5. The maximum Gasteiger partial charge on any atom is 0.297 e. The molecule has 0 radical (unpaired) electrons. The average molecular weight is 436 g/mol. The number of para-hydroxylation sites is 1. The van der Waals surface area contributed by atoms with Gasteiger partial charge >= 0.3 is 0 Å². The number of rotatable bonds is 4. The van der Waals surface area contributed by atoms with Crippen LogP contribution in [0.25, 0.3) is 11.8 Å². The van der Waals surface area contributed by atoms with Gasteiger partial charge in [-0.15, -0.1) is 0 Å². The summed E-state index contributed by atoms with van der Waals surface area (Å²) in [6, 6.07) is 14.1. The van der Waals surface area contributed by atoms with Crippen LogP contribution in [0.3, 0.4) is 0 Å². The number of ether oxygens (including phenoxy) is 1. The third-order valence-corrected chi connectivity index (χ3v) is 5.80. The van der Waals surface area contributed by atoms with E-state index in [-0.39, 0.29) is 22.9 Å². The van der Waals surface area contributed by atoms with Crippen molar-refractivity contribution in [3.8, 4) is 17.2 Å². The highest BCUT2D eigenvalue weighted by Gasteiger charge is 2.25. The highest BCUT2D eigenvalue weighted by molar-refractivity contribution is 8.18. The number of carbonyl (C=O) groups excluding carboxylic acids is 1. The van der Waals surface area contributed by atoms with Gasteiger partial charge in [0.05, 0.1) is 23.4 Å². The Morgan fingerprint density at radius 3 is 2.61 bits per heavy atom. The minimum Gasteiger partial charge on any atom is -0.504 e. The summed E-state index contributed by atoms with van der Waals surface area (Å²) in [5, 5.41) is 12.8. The zero-order chi connectivity index (χ0) is 22.1. The van der Waals surface area contributed by atoms with E-state index in [9.17, 15) is 14.7 Å². The molecule has 0 aliphatic carbocycles. The number of hydrogen-bond acceptors (Lipinski definition) is 6. The molecule has 0 saturated carbocycles. The highest BCUT2D eigenvalue weighted by Crippen LogP contribution is 2.31. The maximum absolute atomic E-state index is 13.0. The van der Waals surface area contributed by atoms with Gasteiger partial charge in [-0.3, -0.25) is 14.3 Å². The Morgan fingerprint density at radius 1 is 1.16 bits per heavy atom. The Kier molecular flexibility index (Phi) is 5.43. The van der Waals surface area contributed by atoms with E-state index >= 15 is 0 Å². The molecule has 0 spiro atoms. The lowest BCUT2D eigenvalue weighted by Gasteiger charge is -2.07. The second kappa shape index (κ2) is 8.19. The van der Waals surface area contributed by atoms with Gasteiger partial charge in [-0.25, -0.2) is 9.67 Å². The summed E-state index contributed by atoms with van der Waals surface area (Å²) in [7, 11) is 3.25. The van der Waals surface area contributed by atoms with Crippen molar-refractivity contribution in [1.82, 2.24) is 14.7 Å². The fraction of sp³-hybridized carbons (Fsp3) is 0.136. The Balaban J connectivity index is 1.67. The van der Waals surface area contributed by atoms with Crippen LogP contribution in [0, 0.1) is 6.92 Å². The molecular weight excluding hydrogens is 416 g/mol. The van der Waals surface area contributed by atoms with Crippen molar-refractivity contribution in [2.45, 2.75) is 6.92 Å². The Morgan fingerprint density at radius 2 is 1.90 bits per heavy atom. The molecule has 2 N–H and O–H groups in total. The molecule has 8 nitrogen and oxygen atoms in total. The number of phenols is 1. The second-order valence-electron chi connectivity index (χ2n) is 6.82. The second-order valence-corrected chi connectivity index (χ2v) is 7.85. The quantitative estimate of drug-likeness (QED) is 0.613. The first-order valence-electron chi connectivity index (χ1n) is 9.39. The summed E-state index contributed by atoms with van der Waals surface area (Å²) in [5.74, 6) is 0.0189. The predicted octanol–water partition coefficient (Wildman–Crippen LogP) is 3.09. The van der Waals surface area contributed by atoms with Crippen LogP contribution in [0.4, 0.5) is 5.69 Å². The number of nitrogens with one attached hydrogen (secondary N) is 1. The standard InChI is InChI=1S/C22H20N4O4S/c1-13-19(21(29)26(25(13)2)15-7-5-4-6-8-15)23-22-24-20(28)18(31-22)12-14-9-10-16(27)17(11-14)30-3/h4-12,27H,1-3H3,(H,23,24,28)/b18-12+. The molecular formula is C22H20N4O4S. The molecule has 158 valence electrons. The number of carbonyl (C=O) groups is 1. The number of aromatic hydroxyl groups is 1. The van der Waals surface area contributed by atoms with Crippen molar-refractivity contribution in [3.63, 3.8) is 0 Å². The fourth-order valence-corrected chi connectivity index (χ4v) is 4.03. The molecule has 31 heavy (non-hydrogen) atoms. The number of aromatic nitrogens is 2. The number of nitrogens with zero attached hydrogens (tertiary/aromatic N) is 3. The number of amidine groups is 1. The Labute approximate surface area is 182 Å². The molecule has 4 rings (SSSR count). The van der Waals surface area contributed by atoms with Gasteiger partial charge in [0, 0.05) is 7.05 Å². The summed E-state index contributed by atoms with van der Waals surface area (Å²) in [6.07, 6.45) is 1.67. The zero-order valence-corrected chi connectivity index (χ0v) is 17.9. The zero-order valence-electron chi connectivity index (χ0n) is 17.1. The van der Waals surface area contributed by atoms with Crippen LogP contribution in [-0.2, 0) is 11.8 Å². The summed E-state index contributed by atoms with van der Waals surface area (Å²) in [4.78, 5) is 30.3. The smallest absolute Gasteiger partial charge is 0.297 e. The van der Waals surface area contributed by atoms with Crippen molar-refractivity contribution < 1.29 is 14.6 Å². The van der Waals surface area contributed by atoms with E-state index in [1.807, 2.05) is 30.3 Å². The van der Waals surface area contributed by atoms with E-state index in [2.05, 4.69) is 10.3 Å². The number of benzene rings is 2. The average Bonchev–Trinajstić information content (AvgIpc) is 3.21. The molecule has 1 aromatic heterocycles. The molecule has 2 heterocycles. The molecule has 1 fully saturated rings. The van der Waals surface area contributed by atoms with E-state index < -0.39 is 0 Å². The van der Waals surface area contributed by atoms with Crippen LogP contribution < -0.4 is 15.6 Å². The van der Waals surface area contributed by atoms with Gasteiger partial charge in [-0.05, 0) is 54.6 Å². The van der Waals surface area contributed by atoms with Crippen molar-refractivity contribution in [2.24, 2.45) is 12.0 Å². The maximum atomic E-state index is 13.0. The summed E-state index contributed by atoms with van der Waals surface area (Å²) < 4.78 is 8.38. The summed E-state index contributed by atoms with van der Waals surface area (Å²) >= 11 is 1.14. The van der Waals surface area contributed by atoms with Gasteiger partial charge in [0.1, 0.15) is 0 Å². The van der Waals surface area contributed by atoms with Gasteiger partial charge in [0.2, 0.25) is 0 Å². The van der Waals surface area contributed by atoms with Gasteiger partial charge in [-0.1, -0.05) is 24.3 Å². The van der Waals surface area contributed by atoms with E-state index in [1.165, 1.54) is 17.9 Å². The molecule has 9 heteroatoms. The topological polar surface area (TPSA) is 97.9 Å². The Bertz CT molecular complexity index is 1290. The normalized spacial score (nSPS) is 16.2. The van der Waals surface area contributed by atoms with E-state index in [0.717, 1.165) is 17.4 Å². The Hall–Kier alpha value is -3.72. The van der Waals surface area contributed by atoms with Crippen LogP contribution in [0.15, 0.2) is 63.2 Å². The largest absolute Gasteiger partial charge is 0.504 e. The van der Waals surface area contributed by atoms with Crippen LogP contribution >= 0.6 is 11.8 Å². The van der Waals surface area contributed by atoms with Crippen molar-refractivity contribution in [1.29, 1.82) is 0 Å². The monoisotopic (exact) mass is 436 g/mol. The van der Waals surface area contributed by atoms with Crippen LogP contribution in [0.1, 0.15) is 11.3 Å². The number of amides is 1. The number of thioether (sulfide) groups is 1. The third-order valence-electron chi connectivity index (χ3n) is 4.89. The third kappa shape index (κ3) is 3.87. The molecule has 3 aromatic rings. The first-order valence-corrected chi connectivity index (χ1v) is 10.2. The lowest BCUT2D eigenvalue weighted by Crippen LogP contribution is -2.21. The lowest BCUT2D eigenvalue weighted by molar-refractivity contribution is -0.115. The SMILES string of the molecule is COc1cc(/C=C2/SC(=Nc3c(C)n(C)n(-c4ccccc4)c3=O)NC2=O)ccc1O. The number of phenolic OH excluding ortho intramolecular Hbond substituents is 1. The molecule has 0 bridgehead atoms. The van der Waals surface area contributed by atoms with Gasteiger partial charge < -0.3 is 15.2 Å². The van der Waals surface area contributed by atoms with Gasteiger partial charge in [-0.2, -0.15) is 0 Å².